The van der Waals surface area contributed by atoms with Gasteiger partial charge in [-0.25, -0.2) is 0 Å². The van der Waals surface area contributed by atoms with Crippen LogP contribution in [0.4, 0.5) is 0 Å². The molecule has 0 saturated carbocycles. The van der Waals surface area contributed by atoms with Gasteiger partial charge in [0.2, 0.25) is 0 Å². The smallest absolute Gasteiger partial charge is 0.399 e. The van der Waals surface area contributed by atoms with E-state index < -0.39 is 19.5 Å². The first-order valence-electron chi connectivity index (χ1n) is 12.3. The van der Waals surface area contributed by atoms with Gasteiger partial charge in [0.25, 0.3) is 0 Å². The first-order chi connectivity index (χ1) is 15.4. The van der Waals surface area contributed by atoms with Crippen LogP contribution in [0.15, 0.2) is 0 Å². The van der Waals surface area contributed by atoms with Crippen LogP contribution in [0, 0.1) is 11.8 Å². The summed E-state index contributed by atoms with van der Waals surface area (Å²) < 4.78 is 25.6. The van der Waals surface area contributed by atoms with E-state index in [1.165, 1.54) is 6.42 Å². The van der Waals surface area contributed by atoms with Gasteiger partial charge in [0.05, 0.1) is 0 Å². The monoisotopic (exact) mass is 498 g/mol. The SMILES string of the molecule is CC(N)C1CCNC1.CC(N)C1CNC1.CCO[SiH2]OCC.CCO[SiH](OCC)OCC. The van der Waals surface area contributed by atoms with E-state index in [1.54, 1.807) is 0 Å². The molecular formula is C21H54N4O5Si2. The van der Waals surface area contributed by atoms with Gasteiger partial charge in [-0.15, -0.1) is 0 Å². The minimum absolute atomic E-state index is 0.380. The molecule has 2 aliphatic heterocycles. The maximum Gasteiger partial charge on any atom is 0.484 e. The fourth-order valence-corrected chi connectivity index (χ4v) is 4.14. The minimum Gasteiger partial charge on any atom is -0.399 e. The maximum atomic E-state index is 5.66. The highest BCUT2D eigenvalue weighted by Gasteiger charge is 2.19. The van der Waals surface area contributed by atoms with Crippen LogP contribution in [-0.2, 0) is 22.1 Å². The van der Waals surface area contributed by atoms with Crippen molar-refractivity contribution in [2.24, 2.45) is 23.3 Å². The molecule has 0 bridgehead atoms. The second-order valence-corrected chi connectivity index (χ2v) is 10.3. The lowest BCUT2D eigenvalue weighted by Crippen LogP contribution is -2.50. The first-order valence-corrected chi connectivity index (χ1v) is 14.9. The summed E-state index contributed by atoms with van der Waals surface area (Å²) in [5, 5.41) is 6.44. The molecule has 196 valence electrons. The fraction of sp³-hybridized carbons (Fsp3) is 1.00. The van der Waals surface area contributed by atoms with Crippen LogP contribution >= 0.6 is 0 Å². The van der Waals surface area contributed by atoms with Gasteiger partial charge < -0.3 is 44.2 Å². The Kier molecular flexibility index (Phi) is 27.5. The number of nitrogens with one attached hydrogen (secondary N) is 2. The Morgan fingerprint density at radius 3 is 1.38 bits per heavy atom. The van der Waals surface area contributed by atoms with Crippen molar-refractivity contribution in [3.8, 4) is 0 Å². The van der Waals surface area contributed by atoms with Crippen molar-refractivity contribution in [2.45, 2.75) is 67.0 Å². The predicted molar refractivity (Wildman–Crippen MR) is 138 cm³/mol. The normalized spacial score (nSPS) is 19.5. The first kappa shape index (κ1) is 34.2. The van der Waals surface area contributed by atoms with Gasteiger partial charge in [-0.3, -0.25) is 0 Å². The zero-order chi connectivity index (χ0) is 24.6. The van der Waals surface area contributed by atoms with Crippen molar-refractivity contribution in [2.75, 3.05) is 59.2 Å². The van der Waals surface area contributed by atoms with Crippen LogP contribution in [0.2, 0.25) is 0 Å². The summed E-state index contributed by atoms with van der Waals surface area (Å²) in [5.41, 5.74) is 11.2. The standard InChI is InChI=1S/C6H14N2.C6H16O3Si.C5H12N2.C4H12O2Si/c1-5(7)6-2-3-8-4-6;1-4-7-10(8-5-2)9-6-3;1-4(6)5-2-7-3-5;1-3-5-7-6-4-2/h5-6,8H,2-4,7H2,1H3;10H,4-6H2,1-3H3;4-5,7H,2-3,6H2,1H3;3-4,7H2,1-2H3. The van der Waals surface area contributed by atoms with E-state index >= 15 is 0 Å². The molecule has 32 heavy (non-hydrogen) atoms. The molecule has 0 aromatic rings. The number of rotatable bonds is 12. The summed E-state index contributed by atoms with van der Waals surface area (Å²) in [6.45, 7) is 22.1. The molecule has 3 atom stereocenters. The molecule has 2 saturated heterocycles. The van der Waals surface area contributed by atoms with Gasteiger partial charge in [-0.1, -0.05) is 0 Å². The Balaban J connectivity index is 0. The van der Waals surface area contributed by atoms with Crippen LogP contribution in [0.5, 0.6) is 0 Å². The lowest BCUT2D eigenvalue weighted by atomic mass is 9.96. The lowest BCUT2D eigenvalue weighted by Gasteiger charge is -2.30. The second kappa shape index (κ2) is 25.7. The molecule has 2 fully saturated rings. The summed E-state index contributed by atoms with van der Waals surface area (Å²) in [6, 6.07) is 0.770. The highest BCUT2D eigenvalue weighted by molar-refractivity contribution is 6.36. The molecule has 0 spiro atoms. The molecule has 2 heterocycles. The van der Waals surface area contributed by atoms with E-state index in [0.29, 0.717) is 31.9 Å². The summed E-state index contributed by atoms with van der Waals surface area (Å²) >= 11 is 0. The highest BCUT2D eigenvalue weighted by Crippen LogP contribution is 2.09. The summed E-state index contributed by atoms with van der Waals surface area (Å²) in [7, 11) is -2.32. The molecule has 2 aliphatic rings. The van der Waals surface area contributed by atoms with Gasteiger partial charge in [0.15, 0.2) is 0 Å². The van der Waals surface area contributed by atoms with E-state index in [9.17, 15) is 0 Å². The van der Waals surface area contributed by atoms with Gasteiger partial charge in [-0.05, 0) is 79.8 Å². The van der Waals surface area contributed by atoms with E-state index in [4.69, 9.17) is 33.6 Å². The van der Waals surface area contributed by atoms with E-state index in [0.717, 1.165) is 51.2 Å². The van der Waals surface area contributed by atoms with Gasteiger partial charge in [0.1, 0.15) is 0 Å². The summed E-state index contributed by atoms with van der Waals surface area (Å²) in [4.78, 5) is 0. The molecule has 0 aliphatic carbocycles. The van der Waals surface area contributed by atoms with E-state index in [2.05, 4.69) is 24.5 Å². The molecule has 9 nitrogen and oxygen atoms in total. The van der Waals surface area contributed by atoms with Crippen LogP contribution in [0.25, 0.3) is 0 Å². The Labute approximate surface area is 202 Å². The van der Waals surface area contributed by atoms with Crippen LogP contribution in [0.1, 0.15) is 54.9 Å². The van der Waals surface area contributed by atoms with Crippen molar-refractivity contribution in [3.05, 3.63) is 0 Å². The largest absolute Gasteiger partial charge is 0.484 e. The van der Waals surface area contributed by atoms with Gasteiger partial charge in [0, 0.05) is 58.2 Å². The molecule has 2 rings (SSSR count). The second-order valence-electron chi connectivity index (χ2n) is 7.65. The summed E-state index contributed by atoms with van der Waals surface area (Å²) in [5.74, 6) is 1.48. The van der Waals surface area contributed by atoms with Crippen LogP contribution < -0.4 is 22.1 Å². The number of hydrogen-bond donors (Lipinski definition) is 4. The van der Waals surface area contributed by atoms with Crippen molar-refractivity contribution in [1.82, 2.24) is 10.6 Å². The van der Waals surface area contributed by atoms with Crippen molar-refractivity contribution >= 4 is 19.5 Å². The van der Waals surface area contributed by atoms with Crippen molar-refractivity contribution in [1.29, 1.82) is 0 Å². The predicted octanol–water partition coefficient (Wildman–Crippen LogP) is 0.367. The van der Waals surface area contributed by atoms with Crippen molar-refractivity contribution in [3.63, 3.8) is 0 Å². The Morgan fingerprint density at radius 2 is 1.19 bits per heavy atom. The third kappa shape index (κ3) is 21.9. The van der Waals surface area contributed by atoms with Crippen LogP contribution in [0.3, 0.4) is 0 Å². The molecule has 0 amide bonds. The lowest BCUT2D eigenvalue weighted by molar-refractivity contribution is 0.107. The molecule has 3 unspecified atom stereocenters. The van der Waals surface area contributed by atoms with Crippen molar-refractivity contribution < 1.29 is 22.1 Å². The molecule has 0 aromatic heterocycles. The maximum absolute atomic E-state index is 5.66. The quantitative estimate of drug-likeness (QED) is 0.223. The average molecular weight is 499 g/mol. The van der Waals surface area contributed by atoms with E-state index in [1.807, 2.05) is 34.6 Å². The third-order valence-electron chi connectivity index (χ3n) is 4.88. The third-order valence-corrected chi connectivity index (χ3v) is 7.85. The van der Waals surface area contributed by atoms with Crippen LogP contribution in [-0.4, -0.2) is 90.8 Å². The number of nitrogens with two attached hydrogens (primary N) is 2. The van der Waals surface area contributed by atoms with Gasteiger partial charge >= 0.3 is 19.5 Å². The highest BCUT2D eigenvalue weighted by atomic mass is 28.3. The fourth-order valence-electron chi connectivity index (χ4n) is 2.59. The topological polar surface area (TPSA) is 122 Å². The zero-order valence-electron chi connectivity index (χ0n) is 21.9. The summed E-state index contributed by atoms with van der Waals surface area (Å²) in [6.07, 6.45) is 1.26. The Bertz CT molecular complexity index is 347. The Hall–Kier alpha value is 0.0738. The molecule has 0 radical (unpaired) electrons. The average Bonchev–Trinajstić information content (AvgIpc) is 3.24. The molecular weight excluding hydrogens is 444 g/mol. The Morgan fingerprint density at radius 1 is 0.750 bits per heavy atom. The van der Waals surface area contributed by atoms with E-state index in [-0.39, 0.29) is 0 Å². The van der Waals surface area contributed by atoms with Gasteiger partial charge in [-0.2, -0.15) is 0 Å². The molecule has 6 N–H and O–H groups in total. The number of hydrogen-bond acceptors (Lipinski definition) is 9. The molecule has 0 aromatic carbocycles. The minimum atomic E-state index is -1.73. The zero-order valence-corrected chi connectivity index (χ0v) is 24.4. The molecule has 11 heteroatoms.